The summed E-state index contributed by atoms with van der Waals surface area (Å²) in [6, 6.07) is 18.5. The number of hydrogen-bond acceptors (Lipinski definition) is 2. The van der Waals surface area contributed by atoms with Crippen molar-refractivity contribution < 1.29 is 4.58 Å². The van der Waals surface area contributed by atoms with Crippen LogP contribution in [0.15, 0.2) is 72.8 Å². The Hall–Kier alpha value is -2.81. The summed E-state index contributed by atoms with van der Waals surface area (Å²) in [5.41, 5.74) is 6.66. The Kier molecular flexibility index (Phi) is 9.56. The third-order valence-corrected chi connectivity index (χ3v) is 7.25. The second-order valence-corrected chi connectivity index (χ2v) is 8.90. The summed E-state index contributed by atoms with van der Waals surface area (Å²) < 4.78 is 2.41. The summed E-state index contributed by atoms with van der Waals surface area (Å²) in [5.74, 6) is 0.625. The zero-order valence-electron chi connectivity index (χ0n) is 22.2. The molecule has 0 aromatic heterocycles. The van der Waals surface area contributed by atoms with E-state index in [0.29, 0.717) is 11.8 Å². The summed E-state index contributed by atoms with van der Waals surface area (Å²) in [6.07, 6.45) is 9.43. The molecule has 0 bridgehead atoms. The molecular formula is C31H44N3+. The van der Waals surface area contributed by atoms with Crippen molar-refractivity contribution in [3.05, 3.63) is 84.0 Å². The first-order valence-corrected chi connectivity index (χ1v) is 13.3. The van der Waals surface area contributed by atoms with Crippen LogP contribution in [0.25, 0.3) is 0 Å². The molecule has 0 N–H and O–H groups in total. The van der Waals surface area contributed by atoms with Gasteiger partial charge in [-0.1, -0.05) is 36.4 Å². The lowest BCUT2D eigenvalue weighted by Crippen LogP contribution is -2.23. The molecule has 0 atom stereocenters. The minimum Gasteiger partial charge on any atom is -0.372 e. The maximum absolute atomic E-state index is 2.41. The number of anilines is 2. The van der Waals surface area contributed by atoms with Crippen molar-refractivity contribution in [2.24, 2.45) is 5.92 Å². The van der Waals surface area contributed by atoms with E-state index in [1.54, 1.807) is 0 Å². The second-order valence-electron chi connectivity index (χ2n) is 8.90. The van der Waals surface area contributed by atoms with Crippen molar-refractivity contribution in [1.82, 2.24) is 0 Å². The van der Waals surface area contributed by atoms with E-state index in [0.717, 1.165) is 39.3 Å². The molecule has 182 valence electrons. The molecule has 2 aromatic rings. The molecule has 0 heterocycles. The molecule has 34 heavy (non-hydrogen) atoms. The van der Waals surface area contributed by atoms with Crippen LogP contribution in [0.1, 0.15) is 58.6 Å². The fourth-order valence-corrected chi connectivity index (χ4v) is 5.16. The van der Waals surface area contributed by atoms with Gasteiger partial charge >= 0.3 is 0 Å². The van der Waals surface area contributed by atoms with Crippen LogP contribution in [0.3, 0.4) is 0 Å². The van der Waals surface area contributed by atoms with Crippen molar-refractivity contribution in [2.75, 3.05) is 49.1 Å². The van der Waals surface area contributed by atoms with E-state index in [-0.39, 0.29) is 0 Å². The van der Waals surface area contributed by atoms with Crippen molar-refractivity contribution in [1.29, 1.82) is 0 Å². The van der Waals surface area contributed by atoms with Crippen molar-refractivity contribution in [3.63, 3.8) is 0 Å². The topological polar surface area (TPSA) is 9.49 Å². The molecule has 0 amide bonds. The zero-order chi connectivity index (χ0) is 24.5. The summed E-state index contributed by atoms with van der Waals surface area (Å²) in [7, 11) is 0. The van der Waals surface area contributed by atoms with Crippen LogP contribution in [-0.2, 0) is 0 Å². The van der Waals surface area contributed by atoms with Crippen LogP contribution in [-0.4, -0.2) is 49.6 Å². The molecule has 1 aliphatic carbocycles. The quantitative estimate of drug-likeness (QED) is 0.345. The van der Waals surface area contributed by atoms with Crippen LogP contribution in [0.5, 0.6) is 0 Å². The van der Waals surface area contributed by atoms with Gasteiger partial charge < -0.3 is 9.80 Å². The molecule has 0 aliphatic heterocycles. The first kappa shape index (κ1) is 25.8. The van der Waals surface area contributed by atoms with E-state index < -0.39 is 0 Å². The highest BCUT2D eigenvalue weighted by Crippen LogP contribution is 2.36. The molecule has 0 spiro atoms. The van der Waals surface area contributed by atoms with Gasteiger partial charge in [0.25, 0.3) is 0 Å². The van der Waals surface area contributed by atoms with Gasteiger partial charge in [-0.2, -0.15) is 0 Å². The van der Waals surface area contributed by atoms with Gasteiger partial charge in [0.2, 0.25) is 0 Å². The normalized spacial score (nSPS) is 15.1. The number of benzene rings is 2. The molecule has 3 heteroatoms. The van der Waals surface area contributed by atoms with Crippen LogP contribution >= 0.6 is 0 Å². The largest absolute Gasteiger partial charge is 0.372 e. The second kappa shape index (κ2) is 12.6. The van der Waals surface area contributed by atoms with E-state index >= 15 is 0 Å². The van der Waals surface area contributed by atoms with Gasteiger partial charge in [0, 0.05) is 61.5 Å². The zero-order valence-corrected chi connectivity index (χ0v) is 22.2. The molecular weight excluding hydrogens is 414 g/mol. The Morgan fingerprint density at radius 1 is 0.618 bits per heavy atom. The molecule has 0 unspecified atom stereocenters. The van der Waals surface area contributed by atoms with E-state index in [2.05, 4.69) is 129 Å². The lowest BCUT2D eigenvalue weighted by Gasteiger charge is -2.27. The highest BCUT2D eigenvalue weighted by molar-refractivity contribution is 6.01. The minimum atomic E-state index is 0.294. The number of hydrogen-bond donors (Lipinski definition) is 0. The third kappa shape index (κ3) is 5.81. The smallest absolute Gasteiger partial charge is 0.199 e. The number of rotatable bonds is 11. The highest BCUT2D eigenvalue weighted by Gasteiger charge is 2.24. The van der Waals surface area contributed by atoms with E-state index in [1.807, 2.05) is 0 Å². The minimum absolute atomic E-state index is 0.294. The predicted molar refractivity (Wildman–Crippen MR) is 150 cm³/mol. The van der Waals surface area contributed by atoms with E-state index in [9.17, 15) is 0 Å². The Morgan fingerprint density at radius 3 is 1.32 bits per heavy atom. The third-order valence-electron chi connectivity index (χ3n) is 7.25. The summed E-state index contributed by atoms with van der Waals surface area (Å²) in [4.78, 5) is 4.81. The number of nitrogens with zero attached hydrogens (tertiary/aromatic N) is 3. The average molecular weight is 459 g/mol. The van der Waals surface area contributed by atoms with E-state index in [4.69, 9.17) is 0 Å². The molecule has 3 nitrogen and oxygen atoms in total. The summed E-state index contributed by atoms with van der Waals surface area (Å²) in [5, 5.41) is 0. The molecule has 0 fully saturated rings. The Morgan fingerprint density at radius 2 is 1.00 bits per heavy atom. The molecule has 3 rings (SSSR count). The SMILES string of the molecule is CCN(CC)c1ccc(C(c2ccc(N(CC)CC)cc2)C2C=CC(=[N+](CC)CC)C=C2)cc1. The lowest BCUT2D eigenvalue weighted by molar-refractivity contribution is -0.519. The summed E-state index contributed by atoms with van der Waals surface area (Å²) in [6.45, 7) is 19.5. The molecule has 0 saturated carbocycles. The monoisotopic (exact) mass is 458 g/mol. The predicted octanol–water partition coefficient (Wildman–Crippen LogP) is 6.75. The molecule has 0 radical (unpaired) electrons. The van der Waals surface area contributed by atoms with Crippen LogP contribution in [0.2, 0.25) is 0 Å². The standard InChI is InChI=1S/C31H44N3/c1-7-32(8-2)28-19-13-25(14-20-28)31(26-15-21-29(22-16-26)33(9-3)10-4)27-17-23-30(24-18-27)34(11-5)12-6/h13-25,31H,7-12H2,1-6H3/q+1. The fraction of sp³-hybridized carbons (Fsp3) is 0.452. The molecule has 2 aromatic carbocycles. The Balaban J connectivity index is 1.99. The molecule has 0 saturated heterocycles. The van der Waals surface area contributed by atoms with Crippen LogP contribution < -0.4 is 9.80 Å². The van der Waals surface area contributed by atoms with Gasteiger partial charge in [0.1, 0.15) is 13.1 Å². The van der Waals surface area contributed by atoms with Crippen molar-refractivity contribution in [2.45, 2.75) is 47.5 Å². The average Bonchev–Trinajstić information content (AvgIpc) is 2.89. The van der Waals surface area contributed by atoms with Crippen LogP contribution in [0.4, 0.5) is 11.4 Å². The highest BCUT2D eigenvalue weighted by atomic mass is 15.1. The fourth-order valence-electron chi connectivity index (χ4n) is 5.16. The first-order chi connectivity index (χ1) is 16.6. The van der Waals surface area contributed by atoms with Crippen LogP contribution in [0, 0.1) is 5.92 Å². The molecule has 1 aliphatic rings. The van der Waals surface area contributed by atoms with Crippen molar-refractivity contribution in [3.8, 4) is 0 Å². The van der Waals surface area contributed by atoms with E-state index in [1.165, 1.54) is 28.2 Å². The van der Waals surface area contributed by atoms with Gasteiger partial charge in [0.15, 0.2) is 5.71 Å². The Bertz CT molecular complexity index is 897. The van der Waals surface area contributed by atoms with Gasteiger partial charge in [-0.25, -0.2) is 4.58 Å². The maximum Gasteiger partial charge on any atom is 0.199 e. The first-order valence-electron chi connectivity index (χ1n) is 13.3. The maximum atomic E-state index is 2.41. The lowest BCUT2D eigenvalue weighted by atomic mass is 9.78. The van der Waals surface area contributed by atoms with Gasteiger partial charge in [-0.15, -0.1) is 0 Å². The van der Waals surface area contributed by atoms with Gasteiger partial charge in [-0.3, -0.25) is 0 Å². The Labute approximate surface area is 208 Å². The van der Waals surface area contributed by atoms with Gasteiger partial charge in [0.05, 0.1) is 0 Å². The van der Waals surface area contributed by atoms with Gasteiger partial charge in [-0.05, 0) is 76.9 Å². The van der Waals surface area contributed by atoms with Crippen molar-refractivity contribution >= 4 is 17.1 Å². The summed E-state index contributed by atoms with van der Waals surface area (Å²) >= 11 is 0. The number of allylic oxidation sites excluding steroid dienone is 4.